The monoisotopic (exact) mass is 498 g/mol. The van der Waals surface area contributed by atoms with Crippen LogP contribution in [0, 0.1) is 0 Å². The zero-order valence-electron chi connectivity index (χ0n) is 20.5. The van der Waals surface area contributed by atoms with E-state index in [1.807, 2.05) is 36.5 Å². The number of nitrogens with zero attached hydrogens (tertiary/aromatic N) is 1. The van der Waals surface area contributed by atoms with Gasteiger partial charge in [0.1, 0.15) is 0 Å². The lowest BCUT2D eigenvalue weighted by atomic mass is 10.0. The first kappa shape index (κ1) is 24.3. The van der Waals surface area contributed by atoms with Gasteiger partial charge in [0.2, 0.25) is 0 Å². The van der Waals surface area contributed by atoms with E-state index < -0.39 is 6.03 Å². The quantitative estimate of drug-likeness (QED) is 0.316. The number of urea groups is 1. The van der Waals surface area contributed by atoms with Gasteiger partial charge in [0.25, 0.3) is 11.8 Å². The zero-order valence-corrected chi connectivity index (χ0v) is 20.5. The van der Waals surface area contributed by atoms with E-state index in [0.29, 0.717) is 34.6 Å². The Labute approximate surface area is 215 Å². The van der Waals surface area contributed by atoms with Crippen molar-refractivity contribution in [1.82, 2.24) is 15.2 Å². The molecule has 0 aliphatic carbocycles. The number of rotatable bonds is 7. The number of aromatic amines is 1. The largest absolute Gasteiger partial charge is 0.361 e. The number of nitrogens with one attached hydrogen (secondary N) is 4. The first-order valence-electron chi connectivity index (χ1n) is 12.5. The second-order valence-corrected chi connectivity index (χ2v) is 9.34. The summed E-state index contributed by atoms with van der Waals surface area (Å²) >= 11 is 0. The summed E-state index contributed by atoms with van der Waals surface area (Å²) < 4.78 is 0. The molecular weight excluding hydrogens is 468 g/mol. The van der Waals surface area contributed by atoms with Crippen molar-refractivity contribution in [3.63, 3.8) is 0 Å². The number of H-pyrrole nitrogens is 1. The predicted molar refractivity (Wildman–Crippen MR) is 145 cm³/mol. The molecule has 6 N–H and O–H groups in total. The number of carbonyl (C=O) groups is 3. The van der Waals surface area contributed by atoms with E-state index in [1.54, 1.807) is 24.3 Å². The van der Waals surface area contributed by atoms with Crippen LogP contribution in [-0.2, 0) is 4.79 Å². The normalized spacial score (nSPS) is 16.3. The highest BCUT2D eigenvalue weighted by atomic mass is 16.2. The van der Waals surface area contributed by atoms with Gasteiger partial charge in [0.05, 0.1) is 5.57 Å². The molecule has 0 saturated carbocycles. The SMILES string of the molecule is NC(=O)Nc1ccc2c(c1)C(=Cc1cc(-c3cccc(C(=O)NCCN4CCCCC4)c3)c[nH]1)C(=O)N2. The molecular formula is C28H30N6O3. The highest BCUT2D eigenvalue weighted by molar-refractivity contribution is 6.35. The van der Waals surface area contributed by atoms with Crippen molar-refractivity contribution in [2.45, 2.75) is 19.3 Å². The minimum atomic E-state index is -0.672. The molecule has 3 heterocycles. The molecule has 4 amide bonds. The Morgan fingerprint density at radius 2 is 1.86 bits per heavy atom. The fraction of sp³-hybridized carbons (Fsp3) is 0.250. The first-order chi connectivity index (χ1) is 18.0. The Balaban J connectivity index is 1.29. The lowest BCUT2D eigenvalue weighted by Crippen LogP contribution is -2.37. The summed E-state index contributed by atoms with van der Waals surface area (Å²) in [6, 6.07) is 13.9. The maximum atomic E-state index is 12.7. The van der Waals surface area contributed by atoms with Crippen molar-refractivity contribution in [3.05, 3.63) is 71.5 Å². The summed E-state index contributed by atoms with van der Waals surface area (Å²) in [5.74, 6) is -0.318. The molecule has 190 valence electrons. The molecule has 1 fully saturated rings. The number of likely N-dealkylation sites (tertiary alicyclic amines) is 1. The van der Waals surface area contributed by atoms with Crippen LogP contribution in [-0.4, -0.2) is 53.9 Å². The summed E-state index contributed by atoms with van der Waals surface area (Å²) in [4.78, 5) is 42.1. The van der Waals surface area contributed by atoms with Gasteiger partial charge in [-0.1, -0.05) is 18.6 Å². The summed E-state index contributed by atoms with van der Waals surface area (Å²) in [7, 11) is 0. The number of primary amides is 1. The molecule has 0 unspecified atom stereocenters. The van der Waals surface area contributed by atoms with Crippen molar-refractivity contribution in [2.24, 2.45) is 5.73 Å². The molecule has 9 heteroatoms. The maximum absolute atomic E-state index is 12.7. The molecule has 1 aromatic heterocycles. The van der Waals surface area contributed by atoms with Gasteiger partial charge in [-0.2, -0.15) is 0 Å². The Hall–Kier alpha value is -4.37. The summed E-state index contributed by atoms with van der Waals surface area (Å²) in [6.45, 7) is 3.72. The molecule has 0 radical (unpaired) electrons. The third-order valence-corrected chi connectivity index (χ3v) is 6.70. The van der Waals surface area contributed by atoms with Gasteiger partial charge >= 0.3 is 6.03 Å². The Morgan fingerprint density at radius 3 is 2.68 bits per heavy atom. The van der Waals surface area contributed by atoms with Gasteiger partial charge in [-0.25, -0.2) is 4.79 Å². The number of hydrogen-bond acceptors (Lipinski definition) is 4. The highest BCUT2D eigenvalue weighted by Gasteiger charge is 2.25. The number of nitrogens with two attached hydrogens (primary N) is 1. The van der Waals surface area contributed by atoms with Gasteiger partial charge < -0.3 is 31.6 Å². The maximum Gasteiger partial charge on any atom is 0.316 e. The van der Waals surface area contributed by atoms with Gasteiger partial charge in [-0.15, -0.1) is 0 Å². The minimum absolute atomic E-state index is 0.0867. The van der Waals surface area contributed by atoms with Crippen LogP contribution < -0.4 is 21.7 Å². The Kier molecular flexibility index (Phi) is 7.04. The van der Waals surface area contributed by atoms with E-state index >= 15 is 0 Å². The lowest BCUT2D eigenvalue weighted by molar-refractivity contribution is -0.110. The molecule has 3 aromatic rings. The van der Waals surface area contributed by atoms with Crippen molar-refractivity contribution >= 4 is 40.9 Å². The van der Waals surface area contributed by atoms with Crippen LogP contribution in [0.4, 0.5) is 16.2 Å². The highest BCUT2D eigenvalue weighted by Crippen LogP contribution is 2.35. The van der Waals surface area contributed by atoms with Crippen molar-refractivity contribution in [3.8, 4) is 11.1 Å². The number of carbonyl (C=O) groups excluding carboxylic acids is 3. The first-order valence-corrected chi connectivity index (χ1v) is 12.5. The molecule has 0 spiro atoms. The molecule has 1 saturated heterocycles. The number of piperidine rings is 1. The number of aromatic nitrogens is 1. The van der Waals surface area contributed by atoms with Gasteiger partial charge in [-0.05, 0) is 79.5 Å². The van der Waals surface area contributed by atoms with Gasteiger partial charge in [0, 0.05) is 47.5 Å². The molecule has 2 aromatic carbocycles. The van der Waals surface area contributed by atoms with Crippen molar-refractivity contribution in [1.29, 1.82) is 0 Å². The molecule has 37 heavy (non-hydrogen) atoms. The van der Waals surface area contributed by atoms with Crippen LogP contribution in [0.5, 0.6) is 0 Å². The number of hydrogen-bond donors (Lipinski definition) is 5. The van der Waals surface area contributed by atoms with E-state index in [1.165, 1.54) is 19.3 Å². The number of amides is 4. The molecule has 2 aliphatic heterocycles. The number of fused-ring (bicyclic) bond motifs is 1. The second kappa shape index (κ2) is 10.7. The topological polar surface area (TPSA) is 132 Å². The molecule has 9 nitrogen and oxygen atoms in total. The fourth-order valence-corrected chi connectivity index (χ4v) is 4.82. The van der Waals surface area contributed by atoms with Crippen molar-refractivity contribution < 1.29 is 14.4 Å². The molecule has 0 bridgehead atoms. The van der Waals surface area contributed by atoms with Crippen LogP contribution in [0.1, 0.15) is 40.9 Å². The van der Waals surface area contributed by atoms with E-state index in [2.05, 4.69) is 25.8 Å². The Bertz CT molecular complexity index is 1370. The summed E-state index contributed by atoms with van der Waals surface area (Å²) in [6.07, 6.45) is 7.37. The van der Waals surface area contributed by atoms with E-state index in [9.17, 15) is 14.4 Å². The molecule has 5 rings (SSSR count). The molecule has 2 aliphatic rings. The number of benzene rings is 2. The van der Waals surface area contributed by atoms with E-state index in [0.717, 1.165) is 36.5 Å². The zero-order chi connectivity index (χ0) is 25.8. The summed E-state index contributed by atoms with van der Waals surface area (Å²) in [5, 5.41) is 8.40. The average molecular weight is 499 g/mol. The second-order valence-electron chi connectivity index (χ2n) is 9.34. The van der Waals surface area contributed by atoms with Gasteiger partial charge in [-0.3, -0.25) is 9.59 Å². The Morgan fingerprint density at radius 1 is 1.03 bits per heavy atom. The third kappa shape index (κ3) is 5.73. The third-order valence-electron chi connectivity index (χ3n) is 6.70. The number of anilines is 2. The van der Waals surface area contributed by atoms with E-state index in [4.69, 9.17) is 5.73 Å². The van der Waals surface area contributed by atoms with Crippen LogP contribution in [0.3, 0.4) is 0 Å². The van der Waals surface area contributed by atoms with Crippen molar-refractivity contribution in [2.75, 3.05) is 36.8 Å². The summed E-state index contributed by atoms with van der Waals surface area (Å²) in [5.41, 5.74) is 10.7. The fourth-order valence-electron chi connectivity index (χ4n) is 4.82. The van der Waals surface area contributed by atoms with Crippen LogP contribution >= 0.6 is 0 Å². The molecule has 0 atom stereocenters. The van der Waals surface area contributed by atoms with Crippen LogP contribution in [0.15, 0.2) is 54.7 Å². The van der Waals surface area contributed by atoms with E-state index in [-0.39, 0.29) is 11.8 Å². The van der Waals surface area contributed by atoms with Gasteiger partial charge in [0.15, 0.2) is 0 Å². The lowest BCUT2D eigenvalue weighted by Gasteiger charge is -2.26. The van der Waals surface area contributed by atoms with Crippen LogP contribution in [0.2, 0.25) is 0 Å². The standard InChI is InChI=1S/C28H30N6O3/c29-28(37)32-21-7-8-25-23(15-21)24(27(36)33-25)16-22-14-20(17-31-22)18-5-4-6-19(13-18)26(35)30-9-12-34-10-2-1-3-11-34/h4-8,13-17,31H,1-3,9-12H2,(H,30,35)(H,33,36)(H3,29,32,37). The van der Waals surface area contributed by atoms with Crippen LogP contribution in [0.25, 0.3) is 22.8 Å². The predicted octanol–water partition coefficient (Wildman–Crippen LogP) is 3.88. The minimum Gasteiger partial charge on any atom is -0.361 e. The smallest absolute Gasteiger partial charge is 0.316 e. The average Bonchev–Trinajstić information content (AvgIpc) is 3.49.